The highest BCUT2D eigenvalue weighted by Crippen LogP contribution is 2.33. The minimum atomic E-state index is -0.208. The maximum absolute atomic E-state index is 13.3. The summed E-state index contributed by atoms with van der Waals surface area (Å²) < 4.78 is 10.8. The van der Waals surface area contributed by atoms with Gasteiger partial charge in [0, 0.05) is 45.2 Å². The molecule has 1 aromatic carbocycles. The van der Waals surface area contributed by atoms with Gasteiger partial charge in [-0.25, -0.2) is 5.01 Å². The molecule has 33 heavy (non-hydrogen) atoms. The number of benzene rings is 1. The number of nitrogens with zero attached hydrogens (tertiary/aromatic N) is 5. The van der Waals surface area contributed by atoms with E-state index in [4.69, 9.17) is 14.0 Å². The summed E-state index contributed by atoms with van der Waals surface area (Å²) in [7, 11) is 0. The number of hydrogen-bond donors (Lipinski definition) is 0. The molecule has 0 saturated carbocycles. The third-order valence-corrected chi connectivity index (χ3v) is 6.31. The van der Waals surface area contributed by atoms with E-state index in [1.807, 2.05) is 25.1 Å². The number of furan rings is 1. The van der Waals surface area contributed by atoms with Gasteiger partial charge in [0.25, 0.3) is 5.91 Å². The zero-order chi connectivity index (χ0) is 22.8. The fraction of sp³-hybridized carbons (Fsp3) is 0.400. The molecule has 3 aromatic rings. The topological polar surface area (TPSA) is 78.3 Å². The third kappa shape index (κ3) is 4.91. The highest BCUT2D eigenvalue weighted by molar-refractivity contribution is 6.03. The highest BCUT2D eigenvalue weighted by atomic mass is 16.5. The van der Waals surface area contributed by atoms with Gasteiger partial charge in [0.1, 0.15) is 17.6 Å². The van der Waals surface area contributed by atoms with Gasteiger partial charge in [0.05, 0.1) is 24.2 Å². The van der Waals surface area contributed by atoms with E-state index in [-0.39, 0.29) is 11.9 Å². The predicted octanol–water partition coefficient (Wildman–Crippen LogP) is 3.38. The van der Waals surface area contributed by atoms with Gasteiger partial charge in [0.2, 0.25) is 0 Å². The van der Waals surface area contributed by atoms with Crippen LogP contribution >= 0.6 is 0 Å². The Balaban J connectivity index is 1.23. The second kappa shape index (κ2) is 9.33. The molecular formula is C25H29N5O3. The molecule has 0 bridgehead atoms. The van der Waals surface area contributed by atoms with Crippen molar-refractivity contribution in [2.24, 2.45) is 5.10 Å². The predicted molar refractivity (Wildman–Crippen MR) is 124 cm³/mol. The minimum absolute atomic E-state index is 0.000845. The lowest BCUT2D eigenvalue weighted by Crippen LogP contribution is -2.49. The van der Waals surface area contributed by atoms with E-state index in [1.54, 1.807) is 11.3 Å². The van der Waals surface area contributed by atoms with E-state index in [1.165, 1.54) is 5.56 Å². The van der Waals surface area contributed by atoms with Gasteiger partial charge in [-0.3, -0.25) is 14.6 Å². The van der Waals surface area contributed by atoms with Gasteiger partial charge >= 0.3 is 0 Å². The summed E-state index contributed by atoms with van der Waals surface area (Å²) in [4.78, 5) is 17.9. The monoisotopic (exact) mass is 447 g/mol. The summed E-state index contributed by atoms with van der Waals surface area (Å²) >= 11 is 0. The molecule has 2 aliphatic heterocycles. The lowest BCUT2D eigenvalue weighted by molar-refractivity contribution is -0.135. The summed E-state index contributed by atoms with van der Waals surface area (Å²) in [5.74, 6) is 1.59. The van der Waals surface area contributed by atoms with E-state index in [2.05, 4.69) is 46.1 Å². The molecule has 8 heteroatoms. The van der Waals surface area contributed by atoms with Crippen LogP contribution in [0.1, 0.15) is 40.8 Å². The Kier molecular flexibility index (Phi) is 6.11. The number of carbonyl (C=O) groups is 1. The molecule has 1 amide bonds. The number of hydrazone groups is 1. The Bertz CT molecular complexity index is 1110. The van der Waals surface area contributed by atoms with Crippen LogP contribution in [0.4, 0.5) is 0 Å². The van der Waals surface area contributed by atoms with Crippen LogP contribution in [0.3, 0.4) is 0 Å². The number of aryl methyl sites for hydroxylation is 2. The van der Waals surface area contributed by atoms with Crippen LogP contribution in [-0.2, 0) is 11.3 Å². The van der Waals surface area contributed by atoms with Crippen LogP contribution in [0.2, 0.25) is 0 Å². The lowest BCUT2D eigenvalue weighted by atomic mass is 10.0. The number of rotatable bonds is 6. The van der Waals surface area contributed by atoms with Gasteiger partial charge in [-0.15, -0.1) is 0 Å². The normalized spacial score (nSPS) is 19.8. The molecule has 0 aliphatic carbocycles. The Hall–Kier alpha value is -3.23. The first-order valence-corrected chi connectivity index (χ1v) is 11.4. The summed E-state index contributed by atoms with van der Waals surface area (Å²) in [5.41, 5.74) is 4.11. The zero-order valence-corrected chi connectivity index (χ0v) is 19.1. The second-order valence-corrected chi connectivity index (χ2v) is 8.87. The first-order valence-electron chi connectivity index (χ1n) is 11.4. The van der Waals surface area contributed by atoms with Crippen molar-refractivity contribution in [2.45, 2.75) is 32.9 Å². The van der Waals surface area contributed by atoms with Crippen molar-refractivity contribution in [1.29, 1.82) is 0 Å². The van der Waals surface area contributed by atoms with Crippen molar-refractivity contribution in [3.8, 4) is 0 Å². The van der Waals surface area contributed by atoms with E-state index < -0.39 is 0 Å². The molecule has 172 valence electrons. The maximum Gasteiger partial charge on any atom is 0.257 e. The summed E-state index contributed by atoms with van der Waals surface area (Å²) in [6, 6.07) is 13.8. The third-order valence-electron chi connectivity index (χ3n) is 6.31. The van der Waals surface area contributed by atoms with Crippen LogP contribution < -0.4 is 0 Å². The van der Waals surface area contributed by atoms with Gasteiger partial charge in [0.15, 0.2) is 0 Å². The molecule has 0 N–H and O–H groups in total. The first-order chi connectivity index (χ1) is 16.0. The van der Waals surface area contributed by atoms with Crippen molar-refractivity contribution in [3.05, 3.63) is 77.1 Å². The molecule has 1 saturated heterocycles. The molecule has 4 heterocycles. The van der Waals surface area contributed by atoms with Crippen molar-refractivity contribution in [3.63, 3.8) is 0 Å². The quantitative estimate of drug-likeness (QED) is 0.577. The lowest BCUT2D eigenvalue weighted by Gasteiger charge is -2.34. The van der Waals surface area contributed by atoms with Crippen LogP contribution in [0, 0.1) is 13.8 Å². The van der Waals surface area contributed by atoms with Crippen LogP contribution in [0.15, 0.2) is 62.8 Å². The van der Waals surface area contributed by atoms with Crippen LogP contribution in [0.25, 0.3) is 0 Å². The van der Waals surface area contributed by atoms with E-state index in [0.29, 0.717) is 13.0 Å². The number of hydrogen-bond acceptors (Lipinski definition) is 7. The van der Waals surface area contributed by atoms with E-state index >= 15 is 0 Å². The van der Waals surface area contributed by atoms with Gasteiger partial charge in [-0.1, -0.05) is 35.0 Å². The maximum atomic E-state index is 13.3. The molecule has 1 unspecified atom stereocenters. The molecular weight excluding hydrogens is 418 g/mol. The van der Waals surface area contributed by atoms with Gasteiger partial charge < -0.3 is 8.94 Å². The minimum Gasteiger partial charge on any atom is -0.467 e. The number of carbonyl (C=O) groups excluding carboxylic acids is 1. The number of aromatic nitrogens is 1. The zero-order valence-electron chi connectivity index (χ0n) is 19.1. The number of piperazine rings is 1. The van der Waals surface area contributed by atoms with Gasteiger partial charge in [-0.05, 0) is 31.5 Å². The van der Waals surface area contributed by atoms with Crippen LogP contribution in [0.5, 0.6) is 0 Å². The first kappa shape index (κ1) is 21.6. The molecule has 1 fully saturated rings. The SMILES string of the molecule is Cc1ccc(C2=NN(C(=O)CN3CCN(Cc4cc(C)on4)CC3)C(c3ccco3)C2)cc1. The standard InChI is InChI=1S/C25H29N5O3/c1-18-5-7-20(8-6-18)22-15-23(24-4-3-13-32-24)30(26-22)25(31)17-29-11-9-28(10-12-29)16-21-14-19(2)33-27-21/h3-8,13-14,23H,9-12,15-17H2,1-2H3. The van der Waals surface area contributed by atoms with Crippen molar-refractivity contribution in [2.75, 3.05) is 32.7 Å². The Morgan fingerprint density at radius 1 is 1.06 bits per heavy atom. The molecule has 0 spiro atoms. The molecule has 8 nitrogen and oxygen atoms in total. The smallest absolute Gasteiger partial charge is 0.257 e. The highest BCUT2D eigenvalue weighted by Gasteiger charge is 2.35. The molecule has 2 aromatic heterocycles. The molecule has 2 aliphatic rings. The fourth-order valence-electron chi connectivity index (χ4n) is 4.45. The average Bonchev–Trinajstić information content (AvgIpc) is 3.56. The summed E-state index contributed by atoms with van der Waals surface area (Å²) in [5, 5.41) is 10.5. The van der Waals surface area contributed by atoms with Crippen molar-refractivity contribution >= 4 is 11.6 Å². The number of amides is 1. The van der Waals surface area contributed by atoms with Gasteiger partial charge in [-0.2, -0.15) is 5.10 Å². The summed E-state index contributed by atoms with van der Waals surface area (Å²) in [6.07, 6.45) is 2.30. The fourth-order valence-corrected chi connectivity index (χ4v) is 4.45. The Morgan fingerprint density at radius 2 is 1.82 bits per heavy atom. The van der Waals surface area contributed by atoms with Crippen LogP contribution in [-0.4, -0.2) is 64.3 Å². The largest absolute Gasteiger partial charge is 0.467 e. The molecule has 5 rings (SSSR count). The summed E-state index contributed by atoms with van der Waals surface area (Å²) in [6.45, 7) is 8.52. The molecule has 1 atom stereocenters. The van der Waals surface area contributed by atoms with Crippen molar-refractivity contribution < 1.29 is 13.7 Å². The van der Waals surface area contributed by atoms with E-state index in [9.17, 15) is 4.79 Å². The molecule has 0 radical (unpaired) electrons. The van der Waals surface area contributed by atoms with Crippen molar-refractivity contribution in [1.82, 2.24) is 20.0 Å². The van der Waals surface area contributed by atoms with E-state index in [0.717, 1.165) is 61.2 Å². The average molecular weight is 448 g/mol. The Morgan fingerprint density at radius 3 is 2.48 bits per heavy atom. The second-order valence-electron chi connectivity index (χ2n) is 8.87. The Labute approximate surface area is 193 Å².